The molecule has 2 aromatic rings. The molecule has 1 aliphatic rings. The van der Waals surface area contributed by atoms with E-state index in [9.17, 15) is 5.11 Å². The van der Waals surface area contributed by atoms with Crippen molar-refractivity contribution in [2.75, 3.05) is 0 Å². The van der Waals surface area contributed by atoms with Gasteiger partial charge in [-0.1, -0.05) is 18.2 Å². The van der Waals surface area contributed by atoms with E-state index in [2.05, 4.69) is 14.8 Å². The molecule has 5 heteroatoms. The molecular formula is C15H19N3O2. The van der Waals surface area contributed by atoms with Crippen molar-refractivity contribution in [3.05, 3.63) is 41.5 Å². The minimum atomic E-state index is -0.543. The van der Waals surface area contributed by atoms with Gasteiger partial charge < -0.3 is 14.4 Å². The van der Waals surface area contributed by atoms with Crippen molar-refractivity contribution in [1.29, 1.82) is 0 Å². The van der Waals surface area contributed by atoms with Crippen LogP contribution in [0.2, 0.25) is 0 Å². The molecule has 3 rings (SSSR count). The Morgan fingerprint density at radius 2 is 2.15 bits per heavy atom. The Balaban J connectivity index is 1.75. The predicted octanol–water partition coefficient (Wildman–Crippen LogP) is 2.25. The second-order valence-corrected chi connectivity index (χ2v) is 5.14. The van der Waals surface area contributed by atoms with Crippen molar-refractivity contribution >= 4 is 0 Å². The number of nitrogens with zero attached hydrogens (tertiary/aromatic N) is 3. The molecule has 1 atom stereocenters. The minimum Gasteiger partial charge on any atom is -0.485 e. The van der Waals surface area contributed by atoms with E-state index in [4.69, 9.17) is 4.74 Å². The molecule has 106 valence electrons. The van der Waals surface area contributed by atoms with E-state index in [0.29, 0.717) is 12.4 Å². The normalized spacial score (nSPS) is 15.7. The minimum absolute atomic E-state index is 0.386. The third-order valence-corrected chi connectivity index (χ3v) is 3.66. The van der Waals surface area contributed by atoms with Crippen LogP contribution in [0.5, 0.6) is 5.75 Å². The Hall–Kier alpha value is -1.88. The first kappa shape index (κ1) is 13.1. The van der Waals surface area contributed by atoms with Gasteiger partial charge in [0.15, 0.2) is 5.82 Å². The fourth-order valence-electron chi connectivity index (χ4n) is 2.57. The summed E-state index contributed by atoms with van der Waals surface area (Å²) >= 11 is 0. The summed E-state index contributed by atoms with van der Waals surface area (Å²) in [5.74, 6) is 2.62. The number of aliphatic hydroxyl groups excluding tert-OH is 1. The lowest BCUT2D eigenvalue weighted by atomic mass is 10.1. The molecule has 1 aliphatic heterocycles. The van der Waals surface area contributed by atoms with Gasteiger partial charge in [0.05, 0.1) is 6.10 Å². The topological polar surface area (TPSA) is 60.2 Å². The molecule has 20 heavy (non-hydrogen) atoms. The van der Waals surface area contributed by atoms with Gasteiger partial charge in [0.2, 0.25) is 0 Å². The Morgan fingerprint density at radius 1 is 1.30 bits per heavy atom. The summed E-state index contributed by atoms with van der Waals surface area (Å²) in [7, 11) is 0. The molecule has 0 saturated heterocycles. The highest BCUT2D eigenvalue weighted by Crippen LogP contribution is 2.25. The molecule has 0 aliphatic carbocycles. The van der Waals surface area contributed by atoms with Gasteiger partial charge in [-0.15, -0.1) is 10.2 Å². The number of aryl methyl sites for hydroxylation is 1. The van der Waals surface area contributed by atoms with Crippen LogP contribution in [0.4, 0.5) is 0 Å². The molecule has 2 heterocycles. The highest BCUT2D eigenvalue weighted by Gasteiger charge is 2.16. The highest BCUT2D eigenvalue weighted by molar-refractivity contribution is 5.34. The molecule has 1 N–H and O–H groups in total. The Kier molecular flexibility index (Phi) is 3.69. The van der Waals surface area contributed by atoms with E-state index in [1.165, 1.54) is 12.8 Å². The number of rotatable bonds is 4. The third kappa shape index (κ3) is 2.54. The Morgan fingerprint density at radius 3 is 3.00 bits per heavy atom. The van der Waals surface area contributed by atoms with Gasteiger partial charge in [-0.3, -0.25) is 0 Å². The first-order valence-electron chi connectivity index (χ1n) is 7.06. The lowest BCUT2D eigenvalue weighted by molar-refractivity contribution is 0.189. The molecule has 0 amide bonds. The van der Waals surface area contributed by atoms with Crippen molar-refractivity contribution in [2.24, 2.45) is 0 Å². The van der Waals surface area contributed by atoms with Gasteiger partial charge in [-0.05, 0) is 25.8 Å². The molecule has 1 aromatic carbocycles. The average Bonchev–Trinajstić information content (AvgIpc) is 2.88. The zero-order valence-corrected chi connectivity index (χ0v) is 11.6. The molecule has 0 radical (unpaired) electrons. The van der Waals surface area contributed by atoms with E-state index in [0.717, 1.165) is 30.2 Å². The quantitative estimate of drug-likeness (QED) is 0.928. The summed E-state index contributed by atoms with van der Waals surface area (Å²) in [5, 5.41) is 18.2. The molecular weight excluding hydrogens is 254 g/mol. The number of ether oxygens (including phenoxy) is 1. The van der Waals surface area contributed by atoms with Gasteiger partial charge in [0.1, 0.15) is 18.2 Å². The highest BCUT2D eigenvalue weighted by atomic mass is 16.5. The molecule has 0 unspecified atom stereocenters. The van der Waals surface area contributed by atoms with Crippen molar-refractivity contribution in [3.8, 4) is 5.75 Å². The number of fused-ring (bicyclic) bond motifs is 1. The zero-order chi connectivity index (χ0) is 13.9. The van der Waals surface area contributed by atoms with Crippen LogP contribution >= 0.6 is 0 Å². The smallest absolute Gasteiger partial charge is 0.171 e. The zero-order valence-electron chi connectivity index (χ0n) is 11.6. The number of benzene rings is 1. The Bertz CT molecular complexity index is 593. The van der Waals surface area contributed by atoms with Crippen molar-refractivity contribution in [2.45, 2.75) is 45.4 Å². The van der Waals surface area contributed by atoms with Crippen LogP contribution in [0.1, 0.15) is 43.1 Å². The van der Waals surface area contributed by atoms with Crippen LogP contribution in [0, 0.1) is 0 Å². The molecule has 5 nitrogen and oxygen atoms in total. The number of hydrogen-bond donors (Lipinski definition) is 1. The van der Waals surface area contributed by atoms with Crippen LogP contribution in [-0.2, 0) is 19.6 Å². The third-order valence-electron chi connectivity index (χ3n) is 3.66. The predicted molar refractivity (Wildman–Crippen MR) is 74.4 cm³/mol. The number of aromatic nitrogens is 3. The summed E-state index contributed by atoms with van der Waals surface area (Å²) in [6.07, 6.45) is 2.81. The first-order valence-corrected chi connectivity index (χ1v) is 7.06. The van der Waals surface area contributed by atoms with Crippen LogP contribution in [0.3, 0.4) is 0 Å². The number of para-hydroxylation sites is 1. The maximum absolute atomic E-state index is 9.74. The van der Waals surface area contributed by atoms with E-state index < -0.39 is 6.10 Å². The average molecular weight is 273 g/mol. The van der Waals surface area contributed by atoms with Crippen LogP contribution in [0.15, 0.2) is 24.3 Å². The van der Waals surface area contributed by atoms with Crippen LogP contribution in [0.25, 0.3) is 0 Å². The van der Waals surface area contributed by atoms with Crippen LogP contribution < -0.4 is 4.74 Å². The van der Waals surface area contributed by atoms with Gasteiger partial charge >= 0.3 is 0 Å². The fraction of sp³-hybridized carbons (Fsp3) is 0.467. The van der Waals surface area contributed by atoms with Gasteiger partial charge in [0.25, 0.3) is 0 Å². The first-order chi connectivity index (χ1) is 9.75. The van der Waals surface area contributed by atoms with Gasteiger partial charge in [0, 0.05) is 18.5 Å². The van der Waals surface area contributed by atoms with E-state index in [1.54, 1.807) is 6.92 Å². The largest absolute Gasteiger partial charge is 0.485 e. The second kappa shape index (κ2) is 5.63. The molecule has 0 fully saturated rings. The summed E-state index contributed by atoms with van der Waals surface area (Å²) < 4.78 is 7.97. The lowest BCUT2D eigenvalue weighted by Crippen LogP contribution is -2.14. The molecule has 0 bridgehead atoms. The maximum atomic E-state index is 9.74. The monoisotopic (exact) mass is 273 g/mol. The maximum Gasteiger partial charge on any atom is 0.171 e. The summed E-state index contributed by atoms with van der Waals surface area (Å²) in [5.41, 5.74) is 0.797. The molecule has 0 spiro atoms. The van der Waals surface area contributed by atoms with E-state index >= 15 is 0 Å². The second-order valence-electron chi connectivity index (χ2n) is 5.14. The summed E-state index contributed by atoms with van der Waals surface area (Å²) in [6.45, 7) is 3.09. The SMILES string of the molecule is C[C@H](O)c1ccccc1OCc1nnc2n1CCCC2. The van der Waals surface area contributed by atoms with Crippen LogP contribution in [-0.4, -0.2) is 19.9 Å². The lowest BCUT2D eigenvalue weighted by Gasteiger charge is -2.16. The molecule has 1 aromatic heterocycles. The number of hydrogen-bond acceptors (Lipinski definition) is 4. The van der Waals surface area contributed by atoms with Crippen molar-refractivity contribution in [3.63, 3.8) is 0 Å². The van der Waals surface area contributed by atoms with Crippen molar-refractivity contribution < 1.29 is 9.84 Å². The van der Waals surface area contributed by atoms with Gasteiger partial charge in [-0.25, -0.2) is 0 Å². The summed E-state index contributed by atoms with van der Waals surface area (Å²) in [6, 6.07) is 7.54. The van der Waals surface area contributed by atoms with E-state index in [-0.39, 0.29) is 0 Å². The van der Waals surface area contributed by atoms with Crippen molar-refractivity contribution in [1.82, 2.24) is 14.8 Å². The fourth-order valence-corrected chi connectivity index (χ4v) is 2.57. The summed E-state index contributed by atoms with van der Waals surface area (Å²) in [4.78, 5) is 0. The van der Waals surface area contributed by atoms with Gasteiger partial charge in [-0.2, -0.15) is 0 Å². The number of aliphatic hydroxyl groups is 1. The Labute approximate surface area is 118 Å². The van der Waals surface area contributed by atoms with E-state index in [1.807, 2.05) is 24.3 Å². The molecule has 0 saturated carbocycles. The standard InChI is InChI=1S/C15H19N3O2/c1-11(19)12-6-2-3-7-13(12)20-10-15-17-16-14-8-4-5-9-18(14)15/h2-3,6-7,11,19H,4-5,8-10H2,1H3/t11-/m0/s1.